The molecule has 19 heavy (non-hydrogen) atoms. The molecule has 0 spiro atoms. The van der Waals surface area contributed by atoms with E-state index in [2.05, 4.69) is 18.9 Å². The Balaban J connectivity index is 2.22. The summed E-state index contributed by atoms with van der Waals surface area (Å²) in [6, 6.07) is 0.518. The zero-order valence-corrected chi connectivity index (χ0v) is 12.6. The molecule has 1 rings (SSSR count). The number of esters is 1. The van der Waals surface area contributed by atoms with Crippen LogP contribution >= 0.6 is 0 Å². The molecular formula is C14H28N2O3. The lowest BCUT2D eigenvalue weighted by Crippen LogP contribution is -2.45. The number of likely N-dealkylation sites (N-methyl/N-ethyl adjacent to an activating group) is 1. The van der Waals surface area contributed by atoms with Crippen LogP contribution in [0.4, 0.5) is 0 Å². The van der Waals surface area contributed by atoms with Crippen LogP contribution in [0.3, 0.4) is 0 Å². The van der Waals surface area contributed by atoms with E-state index in [-0.39, 0.29) is 5.97 Å². The van der Waals surface area contributed by atoms with E-state index >= 15 is 0 Å². The molecule has 1 fully saturated rings. The lowest BCUT2D eigenvalue weighted by molar-refractivity contribution is -0.146. The van der Waals surface area contributed by atoms with E-state index in [0.717, 1.165) is 32.4 Å². The highest BCUT2D eigenvalue weighted by Crippen LogP contribution is 2.19. The number of rotatable bonds is 7. The van der Waals surface area contributed by atoms with Crippen LogP contribution in [-0.4, -0.2) is 55.9 Å². The molecule has 0 amide bonds. The molecule has 0 aromatic carbocycles. The summed E-state index contributed by atoms with van der Waals surface area (Å²) in [5.74, 6) is -0.335. The Morgan fingerprint density at radius 2 is 2.21 bits per heavy atom. The van der Waals surface area contributed by atoms with Gasteiger partial charge in [0, 0.05) is 12.6 Å². The number of unbranched alkanes of at least 4 members (excludes halogenated alkanes) is 1. The summed E-state index contributed by atoms with van der Waals surface area (Å²) < 4.78 is 10.3. The first-order valence-electron chi connectivity index (χ1n) is 7.07. The second kappa shape index (κ2) is 7.22. The lowest BCUT2D eigenvalue weighted by Gasteiger charge is -2.27. The minimum atomic E-state index is -0.864. The maximum atomic E-state index is 11.4. The summed E-state index contributed by atoms with van der Waals surface area (Å²) in [4.78, 5) is 13.8. The van der Waals surface area contributed by atoms with E-state index in [9.17, 15) is 4.79 Å². The molecule has 1 saturated heterocycles. The monoisotopic (exact) mass is 272 g/mol. The van der Waals surface area contributed by atoms with Crippen molar-refractivity contribution in [3.63, 3.8) is 0 Å². The summed E-state index contributed by atoms with van der Waals surface area (Å²) in [6.45, 7) is 5.73. The molecular weight excluding hydrogens is 244 g/mol. The zero-order valence-electron chi connectivity index (χ0n) is 12.6. The average molecular weight is 272 g/mol. The molecule has 0 aromatic rings. The highest BCUT2D eigenvalue weighted by atomic mass is 16.5. The number of nitrogens with zero attached hydrogens (tertiary/aromatic N) is 1. The molecule has 5 nitrogen and oxygen atoms in total. The van der Waals surface area contributed by atoms with Gasteiger partial charge >= 0.3 is 5.97 Å². The summed E-state index contributed by atoms with van der Waals surface area (Å²) in [6.07, 6.45) is 4.04. The largest absolute Gasteiger partial charge is 0.468 e. The summed E-state index contributed by atoms with van der Waals surface area (Å²) in [5, 5.41) is 0. The number of hydrogen-bond donors (Lipinski definition) is 1. The van der Waals surface area contributed by atoms with Gasteiger partial charge in [0.2, 0.25) is 0 Å². The van der Waals surface area contributed by atoms with Crippen molar-refractivity contribution in [1.82, 2.24) is 4.90 Å². The average Bonchev–Trinajstić information content (AvgIpc) is 2.79. The number of nitrogens with two attached hydrogens (primary N) is 1. The van der Waals surface area contributed by atoms with Crippen molar-refractivity contribution in [2.45, 2.75) is 57.2 Å². The molecule has 112 valence electrons. The predicted molar refractivity (Wildman–Crippen MR) is 74.9 cm³/mol. The van der Waals surface area contributed by atoms with Crippen molar-refractivity contribution in [2.75, 3.05) is 27.3 Å². The SMILES string of the molecule is COC(=O)C(C)(N)CCCCN(C)C1CCOC1C. The van der Waals surface area contributed by atoms with Crippen LogP contribution < -0.4 is 5.73 Å². The topological polar surface area (TPSA) is 64.8 Å². The number of ether oxygens (including phenoxy) is 2. The Hall–Kier alpha value is -0.650. The molecule has 0 aromatic heterocycles. The van der Waals surface area contributed by atoms with Crippen molar-refractivity contribution in [3.8, 4) is 0 Å². The Morgan fingerprint density at radius 1 is 1.53 bits per heavy atom. The minimum Gasteiger partial charge on any atom is -0.468 e. The molecule has 1 aliphatic heterocycles. The molecule has 0 saturated carbocycles. The van der Waals surface area contributed by atoms with Gasteiger partial charge in [0.25, 0.3) is 0 Å². The summed E-state index contributed by atoms with van der Waals surface area (Å²) in [5.41, 5.74) is 5.06. The fourth-order valence-corrected chi connectivity index (χ4v) is 2.65. The zero-order chi connectivity index (χ0) is 14.5. The normalized spacial score (nSPS) is 26.4. The van der Waals surface area contributed by atoms with Crippen molar-refractivity contribution in [1.29, 1.82) is 0 Å². The third kappa shape index (κ3) is 4.75. The Kier molecular flexibility index (Phi) is 6.23. The molecule has 0 bridgehead atoms. The van der Waals surface area contributed by atoms with Crippen molar-refractivity contribution >= 4 is 5.97 Å². The second-order valence-corrected chi connectivity index (χ2v) is 5.78. The standard InChI is InChI=1S/C14H28N2O3/c1-11-12(7-10-19-11)16(3)9-6-5-8-14(2,15)13(17)18-4/h11-12H,5-10,15H2,1-4H3. The maximum absolute atomic E-state index is 11.4. The van der Waals surface area contributed by atoms with Gasteiger partial charge in [-0.3, -0.25) is 4.79 Å². The third-order valence-electron chi connectivity index (χ3n) is 4.01. The first kappa shape index (κ1) is 16.4. The number of carbonyl (C=O) groups is 1. The van der Waals surface area contributed by atoms with Crippen LogP contribution in [0.1, 0.15) is 39.5 Å². The van der Waals surface area contributed by atoms with E-state index in [0.29, 0.717) is 18.6 Å². The van der Waals surface area contributed by atoms with Gasteiger partial charge < -0.3 is 20.1 Å². The van der Waals surface area contributed by atoms with Gasteiger partial charge in [-0.2, -0.15) is 0 Å². The highest BCUT2D eigenvalue weighted by molar-refractivity contribution is 5.79. The highest BCUT2D eigenvalue weighted by Gasteiger charge is 2.29. The van der Waals surface area contributed by atoms with E-state index in [4.69, 9.17) is 15.2 Å². The molecule has 1 aliphatic rings. The second-order valence-electron chi connectivity index (χ2n) is 5.78. The van der Waals surface area contributed by atoms with Gasteiger partial charge in [0.15, 0.2) is 0 Å². The number of hydrogen-bond acceptors (Lipinski definition) is 5. The number of carbonyl (C=O) groups excluding carboxylic acids is 1. The van der Waals surface area contributed by atoms with Gasteiger partial charge in [0.1, 0.15) is 5.54 Å². The van der Waals surface area contributed by atoms with Gasteiger partial charge in [-0.25, -0.2) is 0 Å². The lowest BCUT2D eigenvalue weighted by atomic mass is 9.96. The molecule has 1 heterocycles. The molecule has 2 N–H and O–H groups in total. The van der Waals surface area contributed by atoms with Gasteiger partial charge in [-0.15, -0.1) is 0 Å². The fourth-order valence-electron chi connectivity index (χ4n) is 2.65. The van der Waals surface area contributed by atoms with Crippen molar-refractivity contribution in [2.24, 2.45) is 5.73 Å². The third-order valence-corrected chi connectivity index (χ3v) is 4.01. The Labute approximate surface area is 116 Å². The van der Waals surface area contributed by atoms with Crippen LogP contribution in [0, 0.1) is 0 Å². The molecule has 0 radical (unpaired) electrons. The van der Waals surface area contributed by atoms with E-state index in [1.165, 1.54) is 7.11 Å². The van der Waals surface area contributed by atoms with Crippen LogP contribution in [0.15, 0.2) is 0 Å². The van der Waals surface area contributed by atoms with E-state index in [1.807, 2.05) is 0 Å². The molecule has 5 heteroatoms. The Bertz CT molecular complexity index is 294. The first-order chi connectivity index (χ1) is 8.88. The molecule has 3 unspecified atom stereocenters. The van der Waals surface area contributed by atoms with Gasteiger partial charge in [-0.05, 0) is 53.1 Å². The minimum absolute atomic E-state index is 0.319. The van der Waals surface area contributed by atoms with Gasteiger partial charge in [0.05, 0.1) is 13.2 Å². The van der Waals surface area contributed by atoms with Gasteiger partial charge in [-0.1, -0.05) is 0 Å². The fraction of sp³-hybridized carbons (Fsp3) is 0.929. The van der Waals surface area contributed by atoms with E-state index < -0.39 is 5.54 Å². The van der Waals surface area contributed by atoms with Crippen molar-refractivity contribution < 1.29 is 14.3 Å². The van der Waals surface area contributed by atoms with Crippen LogP contribution in [-0.2, 0) is 14.3 Å². The maximum Gasteiger partial charge on any atom is 0.325 e. The molecule has 3 atom stereocenters. The predicted octanol–water partition coefficient (Wildman–Crippen LogP) is 1.16. The van der Waals surface area contributed by atoms with Crippen LogP contribution in [0.25, 0.3) is 0 Å². The number of methoxy groups -OCH3 is 1. The van der Waals surface area contributed by atoms with Crippen LogP contribution in [0.2, 0.25) is 0 Å². The first-order valence-corrected chi connectivity index (χ1v) is 7.07. The molecule has 0 aliphatic carbocycles. The quantitative estimate of drug-likeness (QED) is 0.556. The van der Waals surface area contributed by atoms with Crippen molar-refractivity contribution in [3.05, 3.63) is 0 Å². The van der Waals surface area contributed by atoms with E-state index in [1.54, 1.807) is 6.92 Å². The summed E-state index contributed by atoms with van der Waals surface area (Å²) in [7, 11) is 3.51. The summed E-state index contributed by atoms with van der Waals surface area (Å²) >= 11 is 0. The Morgan fingerprint density at radius 3 is 2.74 bits per heavy atom. The van der Waals surface area contributed by atoms with Crippen LogP contribution in [0.5, 0.6) is 0 Å². The smallest absolute Gasteiger partial charge is 0.325 e.